The van der Waals surface area contributed by atoms with Gasteiger partial charge in [-0.15, -0.1) is 23.0 Å². The number of fused-ring (bicyclic) bond motifs is 8. The van der Waals surface area contributed by atoms with Crippen LogP contribution in [0.15, 0.2) is 24.3 Å². The highest BCUT2D eigenvalue weighted by Crippen LogP contribution is 2.52. The van der Waals surface area contributed by atoms with Gasteiger partial charge in [0.15, 0.2) is 0 Å². The lowest BCUT2D eigenvalue weighted by atomic mass is 9.78. The molecule has 8 N–H and O–H groups in total. The van der Waals surface area contributed by atoms with E-state index in [1.54, 1.807) is 0 Å². The molecular weight excluding hydrogens is 881 g/mol. The molecule has 1 aliphatic rings. The number of benzene rings is 4. The molecule has 328 valence electrons. The summed E-state index contributed by atoms with van der Waals surface area (Å²) < 4.78 is 136. The zero-order chi connectivity index (χ0) is 45.5. The molecule has 4 aromatic rings. The quantitative estimate of drug-likeness (QED) is 0.115. The number of aromatic hydroxyl groups is 4. The highest BCUT2D eigenvalue weighted by Gasteiger charge is 2.33. The molecule has 20 nitrogen and oxygen atoms in total. The van der Waals surface area contributed by atoms with Gasteiger partial charge >= 0.3 is 0 Å². The minimum absolute atomic E-state index is 0.421. The predicted octanol–water partition coefficient (Wildman–Crippen LogP) is 1.28. The van der Waals surface area contributed by atoms with E-state index in [0.717, 1.165) is 31.2 Å². The molecule has 0 fully saturated rings. The number of phenols is 4. The molecule has 0 saturated heterocycles. The first kappa shape index (κ1) is 46.0. The Labute approximate surface area is 343 Å². The third-order valence-electron chi connectivity index (χ3n) is 10.7. The minimum Gasteiger partial charge on any atom is -0.872 e. The molecule has 0 spiro atoms. The summed E-state index contributed by atoms with van der Waals surface area (Å²) >= 11 is 0. The molecule has 0 radical (unpaired) electrons. The number of hydrogen-bond acceptors (Lipinski definition) is 16. The van der Waals surface area contributed by atoms with Crippen LogP contribution in [0.3, 0.4) is 0 Å². The summed E-state index contributed by atoms with van der Waals surface area (Å²) in [4.78, 5) is 0. The molecule has 0 amide bonds. The van der Waals surface area contributed by atoms with E-state index in [-0.39, 0.29) is 0 Å². The summed E-state index contributed by atoms with van der Waals surface area (Å²) in [5, 5.41) is 102. The monoisotopic (exact) mass is 916 g/mol. The Balaban J connectivity index is 2.09. The van der Waals surface area contributed by atoms with Gasteiger partial charge in [0.25, 0.3) is 40.5 Å². The number of hydrogen-bond donors (Lipinski definition) is 8. The summed E-state index contributed by atoms with van der Waals surface area (Å²) in [6, 6.07) is 3.75. The van der Waals surface area contributed by atoms with Crippen molar-refractivity contribution in [3.05, 3.63) is 91.0 Å². The summed E-state index contributed by atoms with van der Waals surface area (Å²) in [6.07, 6.45) is 0. The molecule has 0 saturated carbocycles. The lowest BCUT2D eigenvalue weighted by Crippen LogP contribution is -2.19. The Hall–Kier alpha value is -5.08. The Morgan fingerprint density at radius 2 is 0.533 bits per heavy atom. The van der Waals surface area contributed by atoms with Crippen molar-refractivity contribution in [1.29, 1.82) is 0 Å². The fourth-order valence-electron chi connectivity index (χ4n) is 7.57. The third-order valence-corrected chi connectivity index (χ3v) is 13.3. The standard InChI is InChI=1S/C36H40O20S4/c1-13-17-5-19(31(39)25(29(17)37)9-57(45,46)47)14(2)21-7-23(35(43)27(33(21)41)11-59(51,52)53)16(4)24-8-22(34(42)28(36(24)44)12-60(54,55)56)15(3)20-6-18(13)30(38)26(32(20)40)10-58(48,49)50/h5-8,13-16,37-44H,9-12H2,1-4H3,(H,45,46,47)(H,48,49,50)(H,51,52,53)(H,54,55,56)/p-4. The Bertz CT molecular complexity index is 2410. The van der Waals surface area contributed by atoms with Gasteiger partial charge in [0.05, 0.1) is 22.6 Å². The summed E-state index contributed by atoms with van der Waals surface area (Å²) in [7, 11) is -20.6. The van der Waals surface area contributed by atoms with Gasteiger partial charge in [-0.3, -0.25) is 18.2 Å². The maximum absolute atomic E-state index is 14.0. The lowest BCUT2D eigenvalue weighted by molar-refractivity contribution is -0.283. The van der Waals surface area contributed by atoms with Gasteiger partial charge < -0.3 is 40.9 Å². The SMILES string of the molecule is CC1c2cc(c([O-])c(CS(=O)(=O)O)c2[O-])C(C)c2cc(c(O)c(CS(=O)(=O)O)c2O)C(C)c2cc(c(O)c(CS(=O)(=O)O)c2O)C(C)c2cc1c([O-])c(CS(=O)(=O)O)c2[O-]. The molecule has 0 aromatic heterocycles. The van der Waals surface area contributed by atoms with Crippen molar-refractivity contribution in [2.45, 2.75) is 74.4 Å². The highest BCUT2D eigenvalue weighted by molar-refractivity contribution is 7.85. The second kappa shape index (κ2) is 15.4. The fourth-order valence-corrected chi connectivity index (χ4v) is 10.1. The van der Waals surface area contributed by atoms with E-state index >= 15 is 0 Å². The van der Waals surface area contributed by atoms with Crippen molar-refractivity contribution < 1.29 is 92.7 Å². The number of rotatable bonds is 8. The maximum Gasteiger partial charge on any atom is 0.269 e. The van der Waals surface area contributed by atoms with Crippen LogP contribution in [0.5, 0.6) is 46.0 Å². The Morgan fingerprint density at radius 3 is 0.750 bits per heavy atom. The molecule has 0 aliphatic heterocycles. The Morgan fingerprint density at radius 1 is 0.367 bits per heavy atom. The van der Waals surface area contributed by atoms with Gasteiger partial charge in [0, 0.05) is 45.9 Å². The van der Waals surface area contributed by atoms with Crippen molar-refractivity contribution in [2.24, 2.45) is 0 Å². The van der Waals surface area contributed by atoms with Crippen LogP contribution in [-0.4, -0.2) is 72.3 Å². The Kier molecular flexibility index (Phi) is 11.8. The zero-order valence-electron chi connectivity index (χ0n) is 31.6. The smallest absolute Gasteiger partial charge is 0.269 e. The molecule has 24 heteroatoms. The van der Waals surface area contributed by atoms with Gasteiger partial charge in [0.1, 0.15) is 34.5 Å². The molecule has 2 unspecified atom stereocenters. The van der Waals surface area contributed by atoms with Crippen molar-refractivity contribution in [1.82, 2.24) is 0 Å². The van der Waals surface area contributed by atoms with E-state index in [4.69, 9.17) is 0 Å². The van der Waals surface area contributed by atoms with Crippen molar-refractivity contribution in [3.8, 4) is 46.0 Å². The van der Waals surface area contributed by atoms with Gasteiger partial charge in [0.2, 0.25) is 0 Å². The number of phenolic OH excluding ortho intramolecular Hbond substituents is 4. The van der Waals surface area contributed by atoms with Gasteiger partial charge in [-0.25, -0.2) is 0 Å². The molecule has 8 bridgehead atoms. The third kappa shape index (κ3) is 8.86. The maximum atomic E-state index is 14.0. The van der Waals surface area contributed by atoms with Crippen molar-refractivity contribution >= 4 is 40.5 Å². The molecular formula is C36H36O20S4-4. The van der Waals surface area contributed by atoms with Crippen LogP contribution in [0.1, 0.15) is 118 Å². The van der Waals surface area contributed by atoms with E-state index < -0.39 is 200 Å². The molecule has 60 heavy (non-hydrogen) atoms. The van der Waals surface area contributed by atoms with E-state index in [9.17, 15) is 92.7 Å². The molecule has 1 aliphatic carbocycles. The second-order valence-electron chi connectivity index (χ2n) is 14.6. The van der Waals surface area contributed by atoms with Crippen LogP contribution in [0.4, 0.5) is 0 Å². The van der Waals surface area contributed by atoms with Crippen LogP contribution in [0.2, 0.25) is 0 Å². The lowest BCUT2D eigenvalue weighted by Gasteiger charge is -2.36. The summed E-state index contributed by atoms with van der Waals surface area (Å²) in [5.41, 5.74) is -7.96. The zero-order valence-corrected chi connectivity index (χ0v) is 34.8. The fraction of sp³-hybridized carbons (Fsp3) is 0.333. The van der Waals surface area contributed by atoms with E-state index in [1.165, 1.54) is 20.8 Å². The van der Waals surface area contributed by atoms with Crippen LogP contribution in [0, 0.1) is 0 Å². The first-order valence-corrected chi connectivity index (χ1v) is 23.7. The average Bonchev–Trinajstić information content (AvgIpc) is 3.09. The highest BCUT2D eigenvalue weighted by atomic mass is 32.2. The molecule has 4 aromatic carbocycles. The van der Waals surface area contributed by atoms with Crippen LogP contribution < -0.4 is 20.4 Å². The summed E-state index contributed by atoms with van der Waals surface area (Å²) in [5.74, 6) is -22.0. The van der Waals surface area contributed by atoms with Gasteiger partial charge in [-0.1, -0.05) is 39.8 Å². The predicted molar refractivity (Wildman–Crippen MR) is 201 cm³/mol. The first-order valence-electron chi connectivity index (χ1n) is 17.3. The van der Waals surface area contributed by atoms with Crippen molar-refractivity contribution in [2.75, 3.05) is 0 Å². The molecule has 2 atom stereocenters. The van der Waals surface area contributed by atoms with E-state index in [2.05, 4.69) is 0 Å². The molecule has 0 heterocycles. The summed E-state index contributed by atoms with van der Waals surface area (Å²) in [6.45, 7) is 4.74. The topological polar surface area (TPSA) is 391 Å². The second-order valence-corrected chi connectivity index (χ2v) is 20.4. The van der Waals surface area contributed by atoms with E-state index in [0.29, 0.717) is 0 Å². The van der Waals surface area contributed by atoms with Crippen LogP contribution in [0.25, 0.3) is 0 Å². The van der Waals surface area contributed by atoms with E-state index in [1.807, 2.05) is 0 Å². The first-order chi connectivity index (χ1) is 27.2. The van der Waals surface area contributed by atoms with Crippen LogP contribution >= 0.6 is 0 Å². The van der Waals surface area contributed by atoms with Crippen LogP contribution in [-0.2, 0) is 63.5 Å². The average molecular weight is 917 g/mol. The molecule has 5 rings (SSSR count). The normalized spacial score (nSPS) is 18.7. The van der Waals surface area contributed by atoms with Crippen molar-refractivity contribution in [3.63, 3.8) is 0 Å². The minimum atomic E-state index is -5.18. The van der Waals surface area contributed by atoms with Gasteiger partial charge in [-0.2, -0.15) is 33.7 Å². The largest absolute Gasteiger partial charge is 0.872 e. The van der Waals surface area contributed by atoms with Gasteiger partial charge in [-0.05, 0) is 45.5 Å².